The summed E-state index contributed by atoms with van der Waals surface area (Å²) in [4.78, 5) is 28.1. The minimum atomic E-state index is -0.503. The van der Waals surface area contributed by atoms with Gasteiger partial charge in [-0.3, -0.25) is 9.59 Å². The maximum absolute atomic E-state index is 12.0. The molecule has 0 radical (unpaired) electrons. The van der Waals surface area contributed by atoms with Crippen molar-refractivity contribution in [3.8, 4) is 11.5 Å². The Labute approximate surface area is 154 Å². The molecule has 2 heterocycles. The molecule has 1 N–H and O–H groups in total. The fourth-order valence-corrected chi connectivity index (χ4v) is 2.77. The van der Waals surface area contributed by atoms with Crippen LogP contribution in [-0.4, -0.2) is 34.8 Å². The monoisotopic (exact) mass is 367 g/mol. The van der Waals surface area contributed by atoms with Gasteiger partial charge >= 0.3 is 5.97 Å². The topological polar surface area (TPSA) is 91.7 Å². The van der Waals surface area contributed by atoms with E-state index >= 15 is 0 Å². The smallest absolute Gasteiger partial charge is 0.326 e. The van der Waals surface area contributed by atoms with Crippen molar-refractivity contribution in [3.63, 3.8) is 0 Å². The molecule has 1 aromatic heterocycles. The lowest BCUT2D eigenvalue weighted by atomic mass is 10.2. The van der Waals surface area contributed by atoms with E-state index in [1.165, 1.54) is 0 Å². The van der Waals surface area contributed by atoms with Crippen molar-refractivity contribution in [2.45, 2.75) is 13.1 Å². The first-order valence-corrected chi connectivity index (χ1v) is 8.40. The van der Waals surface area contributed by atoms with E-state index in [4.69, 9.17) is 14.2 Å². The van der Waals surface area contributed by atoms with Crippen LogP contribution in [-0.2, 0) is 27.4 Å². The molecule has 3 aromatic rings. The number of fused-ring (bicyclic) bond motifs is 2. The first kappa shape index (κ1) is 16.9. The van der Waals surface area contributed by atoms with Crippen LogP contribution in [0.1, 0.15) is 5.56 Å². The van der Waals surface area contributed by atoms with E-state index < -0.39 is 5.97 Å². The van der Waals surface area contributed by atoms with E-state index in [0.717, 1.165) is 16.6 Å². The third-order valence-electron chi connectivity index (χ3n) is 4.12. The molecule has 4 rings (SSSR count). The number of benzene rings is 2. The quantitative estimate of drug-likeness (QED) is 0.666. The Morgan fingerprint density at radius 1 is 1.15 bits per heavy atom. The number of para-hydroxylation sites is 2. The Balaban J connectivity index is 1.24. The van der Waals surface area contributed by atoms with Gasteiger partial charge in [0, 0.05) is 6.54 Å². The van der Waals surface area contributed by atoms with Crippen molar-refractivity contribution >= 4 is 22.9 Å². The summed E-state index contributed by atoms with van der Waals surface area (Å²) in [6, 6.07) is 12.9. The van der Waals surface area contributed by atoms with Gasteiger partial charge in [-0.05, 0) is 29.8 Å². The summed E-state index contributed by atoms with van der Waals surface area (Å²) in [5.41, 5.74) is 2.50. The summed E-state index contributed by atoms with van der Waals surface area (Å²) in [7, 11) is 0. The zero-order valence-corrected chi connectivity index (χ0v) is 14.4. The summed E-state index contributed by atoms with van der Waals surface area (Å²) < 4.78 is 17.3. The molecule has 0 spiro atoms. The molecule has 2 aromatic carbocycles. The highest BCUT2D eigenvalue weighted by molar-refractivity contribution is 5.81. The molecule has 0 saturated carbocycles. The summed E-state index contributed by atoms with van der Waals surface area (Å²) in [5, 5.41) is 2.70. The average molecular weight is 367 g/mol. The van der Waals surface area contributed by atoms with Crippen LogP contribution >= 0.6 is 0 Å². The van der Waals surface area contributed by atoms with Crippen LogP contribution in [0.25, 0.3) is 11.0 Å². The average Bonchev–Trinajstić information content (AvgIpc) is 3.31. The fraction of sp³-hybridized carbons (Fsp3) is 0.211. The van der Waals surface area contributed by atoms with Crippen LogP contribution in [0.4, 0.5) is 0 Å². The van der Waals surface area contributed by atoms with Gasteiger partial charge in [0.1, 0.15) is 6.54 Å². The highest BCUT2D eigenvalue weighted by Crippen LogP contribution is 2.32. The zero-order valence-electron chi connectivity index (χ0n) is 14.4. The van der Waals surface area contributed by atoms with E-state index in [-0.39, 0.29) is 25.9 Å². The molecule has 0 saturated heterocycles. The number of hydrogen-bond acceptors (Lipinski definition) is 6. The number of nitrogens with one attached hydrogen (secondary N) is 1. The highest BCUT2D eigenvalue weighted by atomic mass is 16.7. The highest BCUT2D eigenvalue weighted by Gasteiger charge is 2.14. The number of carbonyl (C=O) groups excluding carboxylic acids is 2. The predicted molar refractivity (Wildman–Crippen MR) is 95.1 cm³/mol. The fourth-order valence-electron chi connectivity index (χ4n) is 2.77. The lowest BCUT2D eigenvalue weighted by molar-refractivity contribution is -0.149. The number of hydrogen-bond donors (Lipinski definition) is 1. The van der Waals surface area contributed by atoms with Crippen LogP contribution in [0.2, 0.25) is 0 Å². The lowest BCUT2D eigenvalue weighted by Crippen LogP contribution is -2.29. The summed E-state index contributed by atoms with van der Waals surface area (Å²) in [6.45, 7) is 0.165. The van der Waals surface area contributed by atoms with Crippen LogP contribution in [0.5, 0.6) is 11.5 Å². The maximum atomic E-state index is 12.0. The Hall–Kier alpha value is -3.55. The van der Waals surface area contributed by atoms with Crippen molar-refractivity contribution in [3.05, 3.63) is 54.4 Å². The van der Waals surface area contributed by atoms with Gasteiger partial charge < -0.3 is 24.1 Å². The van der Waals surface area contributed by atoms with E-state index in [2.05, 4.69) is 10.3 Å². The number of amides is 1. The van der Waals surface area contributed by atoms with Gasteiger partial charge in [0.15, 0.2) is 18.1 Å². The largest absolute Gasteiger partial charge is 0.454 e. The van der Waals surface area contributed by atoms with Gasteiger partial charge in [-0.2, -0.15) is 0 Å². The van der Waals surface area contributed by atoms with Crippen molar-refractivity contribution in [1.82, 2.24) is 14.9 Å². The molecule has 0 bridgehead atoms. The van der Waals surface area contributed by atoms with Gasteiger partial charge in [-0.15, -0.1) is 0 Å². The molecule has 0 aliphatic carbocycles. The van der Waals surface area contributed by atoms with Crippen LogP contribution in [0.15, 0.2) is 48.8 Å². The number of nitrogens with zero attached hydrogens (tertiary/aromatic N) is 2. The molecule has 27 heavy (non-hydrogen) atoms. The molecule has 1 amide bonds. The molecular weight excluding hydrogens is 350 g/mol. The van der Waals surface area contributed by atoms with E-state index in [0.29, 0.717) is 18.0 Å². The number of aromatic nitrogens is 2. The van der Waals surface area contributed by atoms with Gasteiger partial charge in [0.05, 0.1) is 17.4 Å². The Bertz CT molecular complexity index is 998. The SMILES string of the molecule is O=C(COC(=O)Cn1cnc2ccccc21)NCc1ccc2c(c1)OCO2. The van der Waals surface area contributed by atoms with E-state index in [1.807, 2.05) is 30.3 Å². The number of esters is 1. The third-order valence-corrected chi connectivity index (χ3v) is 4.12. The third kappa shape index (κ3) is 3.84. The molecular formula is C19H17N3O5. The van der Waals surface area contributed by atoms with Crippen LogP contribution in [0, 0.1) is 0 Å². The van der Waals surface area contributed by atoms with Crippen LogP contribution in [0.3, 0.4) is 0 Å². The molecule has 0 unspecified atom stereocenters. The molecule has 8 heteroatoms. The molecule has 0 atom stereocenters. The summed E-state index contributed by atoms with van der Waals surface area (Å²) in [6.07, 6.45) is 1.58. The Kier molecular flexibility index (Phi) is 4.61. The van der Waals surface area contributed by atoms with Crippen LogP contribution < -0.4 is 14.8 Å². The second-order valence-electron chi connectivity index (χ2n) is 5.99. The minimum absolute atomic E-state index is 0.00401. The first-order chi connectivity index (χ1) is 13.2. The zero-order chi connectivity index (χ0) is 18.6. The lowest BCUT2D eigenvalue weighted by Gasteiger charge is -2.08. The summed E-state index contributed by atoms with van der Waals surface area (Å²) >= 11 is 0. The molecule has 1 aliphatic rings. The van der Waals surface area contributed by atoms with Gasteiger partial charge in [-0.25, -0.2) is 4.98 Å². The van der Waals surface area contributed by atoms with Crippen molar-refractivity contribution < 1.29 is 23.8 Å². The Morgan fingerprint density at radius 2 is 2.00 bits per heavy atom. The van der Waals surface area contributed by atoms with E-state index in [1.54, 1.807) is 23.0 Å². The number of imidazole rings is 1. The number of ether oxygens (including phenoxy) is 3. The van der Waals surface area contributed by atoms with Crippen molar-refractivity contribution in [1.29, 1.82) is 0 Å². The predicted octanol–water partition coefficient (Wildman–Crippen LogP) is 1.62. The van der Waals surface area contributed by atoms with Gasteiger partial charge in [0.25, 0.3) is 5.91 Å². The number of rotatable bonds is 6. The molecule has 0 fully saturated rings. The minimum Gasteiger partial charge on any atom is -0.454 e. The van der Waals surface area contributed by atoms with Gasteiger partial charge in [0.2, 0.25) is 6.79 Å². The second kappa shape index (κ2) is 7.36. The number of carbonyl (C=O) groups is 2. The Morgan fingerprint density at radius 3 is 2.93 bits per heavy atom. The normalized spacial score (nSPS) is 12.1. The van der Waals surface area contributed by atoms with Crippen molar-refractivity contribution in [2.24, 2.45) is 0 Å². The van der Waals surface area contributed by atoms with E-state index in [9.17, 15) is 9.59 Å². The maximum Gasteiger partial charge on any atom is 0.326 e. The molecule has 1 aliphatic heterocycles. The second-order valence-corrected chi connectivity index (χ2v) is 5.99. The summed E-state index contributed by atoms with van der Waals surface area (Å²) in [5.74, 6) is 0.458. The first-order valence-electron chi connectivity index (χ1n) is 8.40. The molecule has 8 nitrogen and oxygen atoms in total. The standard InChI is InChI=1S/C19H17N3O5/c23-18(20-8-13-5-6-16-17(7-13)27-12-26-16)10-25-19(24)9-22-11-21-14-3-1-2-4-15(14)22/h1-7,11H,8-10,12H2,(H,20,23). The van der Waals surface area contributed by atoms with Crippen molar-refractivity contribution in [2.75, 3.05) is 13.4 Å². The van der Waals surface area contributed by atoms with Gasteiger partial charge in [-0.1, -0.05) is 18.2 Å². The molecule has 138 valence electrons.